The van der Waals surface area contributed by atoms with Crippen LogP contribution in [0.3, 0.4) is 0 Å². The van der Waals surface area contributed by atoms with Crippen LogP contribution in [0.5, 0.6) is 11.5 Å². The van der Waals surface area contributed by atoms with Gasteiger partial charge in [0.05, 0.1) is 14.2 Å². The van der Waals surface area contributed by atoms with E-state index < -0.39 is 0 Å². The lowest BCUT2D eigenvalue weighted by Crippen LogP contribution is -2.24. The van der Waals surface area contributed by atoms with E-state index in [0.717, 1.165) is 30.5 Å². The molecule has 0 aliphatic heterocycles. The lowest BCUT2D eigenvalue weighted by atomic mass is 9.98. The molecule has 0 saturated heterocycles. The van der Waals surface area contributed by atoms with Gasteiger partial charge in [-0.1, -0.05) is 25.1 Å². The standard InChI is InChI=1S/C19H24FNO2.ClH/c1-4-11-21-17(12-14-5-8-16(20)9-6-14)15-7-10-18(22-2)19(13-15)23-3;/h5-10,13,17,21H,4,11-12H2,1-3H3;1H. The van der Waals surface area contributed by atoms with E-state index in [0.29, 0.717) is 11.5 Å². The molecule has 1 atom stereocenters. The molecule has 0 heterocycles. The van der Waals surface area contributed by atoms with Gasteiger partial charge >= 0.3 is 0 Å². The number of methoxy groups -OCH3 is 2. The number of ether oxygens (including phenoxy) is 2. The summed E-state index contributed by atoms with van der Waals surface area (Å²) in [5.41, 5.74) is 2.22. The summed E-state index contributed by atoms with van der Waals surface area (Å²) in [7, 11) is 3.26. The molecule has 3 nitrogen and oxygen atoms in total. The minimum atomic E-state index is -0.210. The number of rotatable bonds is 8. The van der Waals surface area contributed by atoms with Crippen molar-refractivity contribution in [3.05, 3.63) is 59.4 Å². The molecule has 5 heteroatoms. The number of hydrogen-bond acceptors (Lipinski definition) is 3. The van der Waals surface area contributed by atoms with Gasteiger partial charge in [-0.15, -0.1) is 12.4 Å². The van der Waals surface area contributed by atoms with Gasteiger partial charge in [0.2, 0.25) is 0 Å². The highest BCUT2D eigenvalue weighted by Crippen LogP contribution is 2.31. The Bertz CT molecular complexity index is 619. The molecule has 2 aromatic carbocycles. The van der Waals surface area contributed by atoms with Gasteiger partial charge in [0.25, 0.3) is 0 Å². The molecule has 24 heavy (non-hydrogen) atoms. The molecule has 132 valence electrons. The van der Waals surface area contributed by atoms with Crippen molar-refractivity contribution < 1.29 is 13.9 Å². The summed E-state index contributed by atoms with van der Waals surface area (Å²) >= 11 is 0. The summed E-state index contributed by atoms with van der Waals surface area (Å²) in [6.45, 7) is 3.05. The zero-order chi connectivity index (χ0) is 16.7. The van der Waals surface area contributed by atoms with Gasteiger partial charge < -0.3 is 14.8 Å². The SMILES string of the molecule is CCCNC(Cc1ccc(F)cc1)c1ccc(OC)c(OC)c1.Cl. The highest BCUT2D eigenvalue weighted by Gasteiger charge is 2.14. The van der Waals surface area contributed by atoms with E-state index in [4.69, 9.17) is 9.47 Å². The number of hydrogen-bond donors (Lipinski definition) is 1. The van der Waals surface area contributed by atoms with Gasteiger partial charge in [-0.3, -0.25) is 0 Å². The van der Waals surface area contributed by atoms with Crippen LogP contribution in [0.4, 0.5) is 4.39 Å². The van der Waals surface area contributed by atoms with E-state index >= 15 is 0 Å². The maximum Gasteiger partial charge on any atom is 0.161 e. The predicted molar refractivity (Wildman–Crippen MR) is 97.9 cm³/mol. The summed E-state index contributed by atoms with van der Waals surface area (Å²) in [5.74, 6) is 1.22. The molecular formula is C19H25ClFNO2. The van der Waals surface area contributed by atoms with Crippen LogP contribution in [-0.2, 0) is 6.42 Å². The zero-order valence-corrected chi connectivity index (χ0v) is 15.2. The maximum absolute atomic E-state index is 13.1. The molecular weight excluding hydrogens is 329 g/mol. The number of halogens is 2. The van der Waals surface area contributed by atoms with Crippen molar-refractivity contribution in [3.63, 3.8) is 0 Å². The molecule has 0 aromatic heterocycles. The second-order valence-corrected chi connectivity index (χ2v) is 5.45. The average Bonchev–Trinajstić information content (AvgIpc) is 2.59. The highest BCUT2D eigenvalue weighted by molar-refractivity contribution is 5.85. The summed E-state index contributed by atoms with van der Waals surface area (Å²) in [5, 5.41) is 3.55. The molecule has 0 spiro atoms. The van der Waals surface area contributed by atoms with E-state index in [1.807, 2.05) is 30.3 Å². The topological polar surface area (TPSA) is 30.5 Å². The Balaban J connectivity index is 0.00000288. The van der Waals surface area contributed by atoms with Crippen molar-refractivity contribution in [2.45, 2.75) is 25.8 Å². The second kappa shape index (κ2) is 10.2. The lowest BCUT2D eigenvalue weighted by Gasteiger charge is -2.20. The molecule has 1 N–H and O–H groups in total. The minimum absolute atomic E-state index is 0. The van der Waals surface area contributed by atoms with Crippen LogP contribution in [0.15, 0.2) is 42.5 Å². The second-order valence-electron chi connectivity index (χ2n) is 5.45. The van der Waals surface area contributed by atoms with Crippen molar-refractivity contribution in [2.24, 2.45) is 0 Å². The van der Waals surface area contributed by atoms with Gasteiger partial charge in [-0.2, -0.15) is 0 Å². The molecule has 1 unspecified atom stereocenters. The normalized spacial score (nSPS) is 11.5. The van der Waals surface area contributed by atoms with Crippen molar-refractivity contribution in [2.75, 3.05) is 20.8 Å². The first-order valence-corrected chi connectivity index (χ1v) is 7.87. The van der Waals surface area contributed by atoms with Gasteiger partial charge in [0.1, 0.15) is 5.82 Å². The summed E-state index contributed by atoms with van der Waals surface area (Å²) < 4.78 is 23.8. The van der Waals surface area contributed by atoms with Gasteiger partial charge in [0.15, 0.2) is 11.5 Å². The van der Waals surface area contributed by atoms with Crippen LogP contribution in [0.2, 0.25) is 0 Å². The summed E-state index contributed by atoms with van der Waals surface area (Å²) in [6, 6.07) is 12.8. The Kier molecular flexibility index (Phi) is 8.58. The largest absolute Gasteiger partial charge is 0.493 e. The monoisotopic (exact) mass is 353 g/mol. The van der Waals surface area contributed by atoms with Gasteiger partial charge in [0, 0.05) is 6.04 Å². The zero-order valence-electron chi connectivity index (χ0n) is 14.3. The van der Waals surface area contributed by atoms with Crippen LogP contribution < -0.4 is 14.8 Å². The van der Waals surface area contributed by atoms with Crippen LogP contribution >= 0.6 is 12.4 Å². The highest BCUT2D eigenvalue weighted by atomic mass is 35.5. The van der Waals surface area contributed by atoms with Crippen molar-refractivity contribution in [3.8, 4) is 11.5 Å². The van der Waals surface area contributed by atoms with Crippen LogP contribution in [0.1, 0.15) is 30.5 Å². The van der Waals surface area contributed by atoms with Crippen LogP contribution in [-0.4, -0.2) is 20.8 Å². The van der Waals surface area contributed by atoms with Crippen molar-refractivity contribution >= 4 is 12.4 Å². The molecule has 0 saturated carbocycles. The smallest absolute Gasteiger partial charge is 0.161 e. The quantitative estimate of drug-likeness (QED) is 0.755. The summed E-state index contributed by atoms with van der Waals surface area (Å²) in [4.78, 5) is 0. The van der Waals surface area contributed by atoms with Crippen LogP contribution in [0.25, 0.3) is 0 Å². The molecule has 0 aliphatic rings. The fourth-order valence-electron chi connectivity index (χ4n) is 2.55. The molecule has 2 aromatic rings. The Morgan fingerprint density at radius 3 is 2.25 bits per heavy atom. The van der Waals surface area contributed by atoms with Crippen molar-refractivity contribution in [1.82, 2.24) is 5.32 Å². The predicted octanol–water partition coefficient (Wildman–Crippen LogP) is 4.55. The van der Waals surface area contributed by atoms with Gasteiger partial charge in [-0.25, -0.2) is 4.39 Å². The first-order chi connectivity index (χ1) is 11.2. The van der Waals surface area contributed by atoms with Crippen molar-refractivity contribution in [1.29, 1.82) is 0 Å². The lowest BCUT2D eigenvalue weighted by molar-refractivity contribution is 0.353. The number of benzene rings is 2. The van der Waals surface area contributed by atoms with E-state index in [2.05, 4.69) is 12.2 Å². The average molecular weight is 354 g/mol. The maximum atomic E-state index is 13.1. The summed E-state index contributed by atoms with van der Waals surface area (Å²) in [6.07, 6.45) is 1.84. The Morgan fingerprint density at radius 1 is 1.00 bits per heavy atom. The first kappa shape index (κ1) is 20.3. The first-order valence-electron chi connectivity index (χ1n) is 7.87. The van der Waals surface area contributed by atoms with E-state index in [1.54, 1.807) is 14.2 Å². The molecule has 0 amide bonds. The Labute approximate surface area is 149 Å². The fraction of sp³-hybridized carbons (Fsp3) is 0.368. The van der Waals surface area contributed by atoms with E-state index in [1.165, 1.54) is 12.1 Å². The molecule has 0 fully saturated rings. The number of nitrogens with one attached hydrogen (secondary N) is 1. The third-order valence-electron chi connectivity index (χ3n) is 3.80. The third kappa shape index (κ3) is 5.39. The van der Waals surface area contributed by atoms with E-state index in [9.17, 15) is 4.39 Å². The van der Waals surface area contributed by atoms with Gasteiger partial charge in [-0.05, 0) is 54.8 Å². The Morgan fingerprint density at radius 2 is 1.67 bits per heavy atom. The van der Waals surface area contributed by atoms with E-state index in [-0.39, 0.29) is 24.3 Å². The minimum Gasteiger partial charge on any atom is -0.493 e. The molecule has 0 radical (unpaired) electrons. The molecule has 2 rings (SSSR count). The van der Waals surface area contributed by atoms with Crippen LogP contribution in [0, 0.1) is 5.82 Å². The molecule has 0 bridgehead atoms. The molecule has 0 aliphatic carbocycles. The Hall–Kier alpha value is -1.78. The third-order valence-corrected chi connectivity index (χ3v) is 3.80. The fourth-order valence-corrected chi connectivity index (χ4v) is 2.55.